The van der Waals surface area contributed by atoms with Gasteiger partial charge in [0.05, 0.1) is 0 Å². The third kappa shape index (κ3) is 6.73. The van der Waals surface area contributed by atoms with Gasteiger partial charge in [0.25, 0.3) is 11.8 Å². The Morgan fingerprint density at radius 3 is 1.20 bits per heavy atom. The molecule has 9 nitrogen and oxygen atoms in total. The van der Waals surface area contributed by atoms with Crippen LogP contribution in [-0.2, 0) is 28.4 Å². The Balaban J connectivity index is 7.04. The summed E-state index contributed by atoms with van der Waals surface area (Å²) in [5, 5.41) is 0. The molecule has 11 heteroatoms. The summed E-state index contributed by atoms with van der Waals surface area (Å²) >= 11 is 0. The molecule has 0 radical (unpaired) electrons. The van der Waals surface area contributed by atoms with Gasteiger partial charge in [0.2, 0.25) is 0 Å². The van der Waals surface area contributed by atoms with Crippen LogP contribution in [0.4, 0.5) is 4.79 Å². The molecule has 2 amide bonds. The molecule has 0 saturated carbocycles. The number of urea groups is 1. The van der Waals surface area contributed by atoms with E-state index in [1.165, 1.54) is 4.90 Å². The summed E-state index contributed by atoms with van der Waals surface area (Å²) in [6.07, 6.45) is -1.14. The minimum atomic E-state index is -1.62. The van der Waals surface area contributed by atoms with Crippen molar-refractivity contribution in [3.05, 3.63) is 0 Å². The first kappa shape index (κ1) is 29.5. The topological polar surface area (TPSA) is 102 Å². The van der Waals surface area contributed by atoms with E-state index in [0.29, 0.717) is 25.3 Å². The van der Waals surface area contributed by atoms with E-state index in [2.05, 4.69) is 0 Å². The Hall–Kier alpha value is -0.536. The maximum absolute atomic E-state index is 13.1. The largest absolute Gasteiger partial charge is 0.371 e. The molecule has 2 atom stereocenters. The summed E-state index contributed by atoms with van der Waals surface area (Å²) < 4.78 is 36.7. The third-order valence-corrected chi connectivity index (χ3v) is 6.02. The zero-order valence-corrected chi connectivity index (χ0v) is 24.2. The van der Waals surface area contributed by atoms with Crippen LogP contribution in [0.5, 0.6) is 0 Å². The van der Waals surface area contributed by atoms with Crippen molar-refractivity contribution in [3.63, 3.8) is 0 Å². The lowest BCUT2D eigenvalue weighted by atomic mass is 10.1. The van der Waals surface area contributed by atoms with Crippen molar-refractivity contribution in [2.45, 2.75) is 77.7 Å². The van der Waals surface area contributed by atoms with E-state index in [-0.39, 0.29) is 26.4 Å². The maximum Gasteiger partial charge on any atom is 0.323 e. The SMILES string of the molecule is CCOC(C[SiH3])C(OCC)(OCC)N(C(N)=O)C(OCC)(OCC)C(C[SiH3])OCC. The van der Waals surface area contributed by atoms with Gasteiger partial charge < -0.3 is 34.2 Å². The number of amides is 2. The Morgan fingerprint density at radius 2 is 1.03 bits per heavy atom. The summed E-state index contributed by atoms with van der Waals surface area (Å²) in [5.74, 6) is -3.24. The van der Waals surface area contributed by atoms with Crippen LogP contribution < -0.4 is 5.73 Å². The van der Waals surface area contributed by atoms with Crippen LogP contribution >= 0.6 is 0 Å². The van der Waals surface area contributed by atoms with Gasteiger partial charge >= 0.3 is 6.03 Å². The first-order chi connectivity index (χ1) is 14.3. The summed E-state index contributed by atoms with van der Waals surface area (Å²) in [4.78, 5) is 14.3. The molecule has 0 spiro atoms. The second-order valence-electron chi connectivity index (χ2n) is 6.37. The maximum atomic E-state index is 13.1. The minimum Gasteiger partial charge on any atom is -0.371 e. The number of hydrogen-bond donors (Lipinski definition) is 1. The van der Waals surface area contributed by atoms with Gasteiger partial charge in [-0.25, -0.2) is 9.69 Å². The van der Waals surface area contributed by atoms with Crippen LogP contribution in [0.2, 0.25) is 12.1 Å². The highest BCUT2D eigenvalue weighted by Gasteiger charge is 2.61. The molecule has 0 rings (SSSR count). The van der Waals surface area contributed by atoms with Gasteiger partial charge in [-0.15, -0.1) is 0 Å². The molecule has 180 valence electrons. The van der Waals surface area contributed by atoms with Crippen molar-refractivity contribution >= 4 is 26.5 Å². The average molecular weight is 469 g/mol. The van der Waals surface area contributed by atoms with Gasteiger partial charge in [-0.1, -0.05) is 0 Å². The lowest BCUT2D eigenvalue weighted by Gasteiger charge is -2.54. The second-order valence-corrected chi connectivity index (χ2v) is 8.00. The van der Waals surface area contributed by atoms with Crippen molar-refractivity contribution in [2.24, 2.45) is 5.73 Å². The average Bonchev–Trinajstić information content (AvgIpc) is 2.70. The van der Waals surface area contributed by atoms with E-state index in [9.17, 15) is 4.79 Å². The van der Waals surface area contributed by atoms with Crippen LogP contribution in [0.15, 0.2) is 0 Å². The van der Waals surface area contributed by atoms with Crippen LogP contribution in [0.1, 0.15) is 41.5 Å². The Labute approximate surface area is 188 Å². The highest BCUT2D eigenvalue weighted by Crippen LogP contribution is 2.39. The number of rotatable bonds is 18. The Kier molecular flexibility index (Phi) is 15.0. The van der Waals surface area contributed by atoms with Crippen LogP contribution in [0.25, 0.3) is 0 Å². The second kappa shape index (κ2) is 15.3. The quantitative estimate of drug-likeness (QED) is 0.226. The van der Waals surface area contributed by atoms with Gasteiger partial charge in [-0.2, -0.15) is 0 Å². The van der Waals surface area contributed by atoms with Gasteiger partial charge in [0.15, 0.2) is 0 Å². The molecule has 0 bridgehead atoms. The zero-order chi connectivity index (χ0) is 23.2. The molecular formula is C19H44N2O7Si2. The van der Waals surface area contributed by atoms with Crippen molar-refractivity contribution < 1.29 is 33.2 Å². The number of carbonyl (C=O) groups is 1. The molecule has 2 N–H and O–H groups in total. The van der Waals surface area contributed by atoms with E-state index in [1.54, 1.807) is 0 Å². The van der Waals surface area contributed by atoms with E-state index >= 15 is 0 Å². The molecule has 2 unspecified atom stereocenters. The molecule has 30 heavy (non-hydrogen) atoms. The molecule has 0 fully saturated rings. The van der Waals surface area contributed by atoms with Crippen molar-refractivity contribution in [3.8, 4) is 0 Å². The van der Waals surface area contributed by atoms with Crippen molar-refractivity contribution in [1.82, 2.24) is 4.90 Å². The molecule has 0 aromatic carbocycles. The van der Waals surface area contributed by atoms with Crippen LogP contribution in [0.3, 0.4) is 0 Å². The van der Waals surface area contributed by atoms with Crippen LogP contribution in [-0.4, -0.2) is 95.1 Å². The first-order valence-corrected chi connectivity index (χ1v) is 14.1. The van der Waals surface area contributed by atoms with E-state index < -0.39 is 30.1 Å². The highest BCUT2D eigenvalue weighted by molar-refractivity contribution is 6.09. The highest BCUT2D eigenvalue weighted by atomic mass is 28.1. The summed E-state index contributed by atoms with van der Waals surface area (Å²) in [6, 6.07) is 0.497. The van der Waals surface area contributed by atoms with Crippen LogP contribution in [0, 0.1) is 0 Å². The lowest BCUT2D eigenvalue weighted by Crippen LogP contribution is -2.75. The molecule has 0 aromatic heterocycles. The Bertz CT molecular complexity index is 428. The molecule has 0 heterocycles. The molecule has 0 aliphatic heterocycles. The number of nitrogens with two attached hydrogens (primary N) is 1. The molecule has 0 aliphatic rings. The smallest absolute Gasteiger partial charge is 0.323 e. The monoisotopic (exact) mass is 468 g/mol. The predicted molar refractivity (Wildman–Crippen MR) is 124 cm³/mol. The van der Waals surface area contributed by atoms with E-state index in [4.69, 9.17) is 34.2 Å². The van der Waals surface area contributed by atoms with Gasteiger partial charge in [-0.05, 0) is 53.6 Å². The van der Waals surface area contributed by atoms with Gasteiger partial charge in [0.1, 0.15) is 12.2 Å². The fourth-order valence-corrected chi connectivity index (χ4v) is 5.22. The summed E-state index contributed by atoms with van der Waals surface area (Å²) in [5.41, 5.74) is 5.99. The lowest BCUT2D eigenvalue weighted by molar-refractivity contribution is -0.441. The normalized spacial score (nSPS) is 14.7. The molecule has 0 saturated heterocycles. The van der Waals surface area contributed by atoms with Gasteiger partial charge in [0, 0.05) is 60.1 Å². The third-order valence-electron chi connectivity index (χ3n) is 4.54. The predicted octanol–water partition coefficient (Wildman–Crippen LogP) is 0.198. The molecular weight excluding hydrogens is 424 g/mol. The Morgan fingerprint density at radius 1 is 0.733 bits per heavy atom. The number of primary amides is 1. The minimum absolute atomic E-state index is 0.267. The number of nitrogens with zero attached hydrogens (tertiary/aromatic N) is 1. The van der Waals surface area contributed by atoms with E-state index in [0.717, 1.165) is 20.5 Å². The van der Waals surface area contributed by atoms with Gasteiger partial charge in [-0.3, -0.25) is 0 Å². The van der Waals surface area contributed by atoms with E-state index in [1.807, 2.05) is 41.5 Å². The standard InChI is InChI=1S/C19H44N2O7Si2/c1-7-23-15(13-29)18(25-9-3,26-10-4)21(17(20)22)19(27-11-5,28-12-6)16(14-30)24-8-2/h15-16H,7-14H2,1-6,29-30H3,(H2,20,22). The summed E-state index contributed by atoms with van der Waals surface area (Å²) in [7, 11) is 1.59. The fraction of sp³-hybridized carbons (Fsp3) is 0.947. The fourth-order valence-electron chi connectivity index (χ4n) is 3.72. The number of hydrogen-bond acceptors (Lipinski definition) is 7. The molecule has 0 aliphatic carbocycles. The first-order valence-electron chi connectivity index (χ1n) is 11.2. The molecule has 0 aromatic rings. The number of ether oxygens (including phenoxy) is 6. The van der Waals surface area contributed by atoms with Crippen molar-refractivity contribution in [2.75, 3.05) is 39.6 Å². The number of carbonyl (C=O) groups excluding carboxylic acids is 1. The zero-order valence-electron chi connectivity index (χ0n) is 20.2. The van der Waals surface area contributed by atoms with Crippen molar-refractivity contribution in [1.29, 1.82) is 0 Å². The summed E-state index contributed by atoms with van der Waals surface area (Å²) in [6.45, 7) is 13.0.